The molecule has 1 N–H and O–H groups in total. The Bertz CT molecular complexity index is 467. The number of carboxylic acids is 1. The minimum absolute atomic E-state index is 0.0671. The molecule has 0 aromatic heterocycles. The second-order valence-electron chi connectivity index (χ2n) is 4.56. The summed E-state index contributed by atoms with van der Waals surface area (Å²) < 4.78 is 31.6. The number of morpholine rings is 1. The number of benzene rings is 1. The molecule has 6 heteroatoms. The Morgan fingerprint density at radius 3 is 2.95 bits per heavy atom. The van der Waals surface area contributed by atoms with Crippen molar-refractivity contribution in [3.63, 3.8) is 0 Å². The Hall–Kier alpha value is -1.53. The first-order chi connectivity index (χ1) is 9.04. The number of hydrogen-bond acceptors (Lipinski definition) is 3. The van der Waals surface area contributed by atoms with Crippen LogP contribution < -0.4 is 0 Å². The molecule has 19 heavy (non-hydrogen) atoms. The van der Waals surface area contributed by atoms with Crippen LogP contribution in [0.5, 0.6) is 0 Å². The largest absolute Gasteiger partial charge is 0.481 e. The molecule has 1 heterocycles. The molecular formula is C13H15F2NO3. The number of hydrogen-bond donors (Lipinski definition) is 1. The Kier molecular flexibility index (Phi) is 4.44. The summed E-state index contributed by atoms with van der Waals surface area (Å²) in [5.74, 6) is -2.10. The third-order valence-corrected chi connectivity index (χ3v) is 3.03. The maximum absolute atomic E-state index is 13.5. The van der Waals surface area contributed by atoms with Gasteiger partial charge in [-0.05, 0) is 6.07 Å². The molecule has 0 radical (unpaired) electrons. The van der Waals surface area contributed by atoms with E-state index in [1.807, 2.05) is 4.90 Å². The van der Waals surface area contributed by atoms with E-state index in [2.05, 4.69) is 0 Å². The van der Waals surface area contributed by atoms with Crippen LogP contribution in [0.2, 0.25) is 0 Å². The van der Waals surface area contributed by atoms with E-state index in [0.29, 0.717) is 31.8 Å². The lowest BCUT2D eigenvalue weighted by Crippen LogP contribution is -2.42. The number of nitrogens with zero attached hydrogens (tertiary/aromatic N) is 1. The average molecular weight is 271 g/mol. The zero-order valence-corrected chi connectivity index (χ0v) is 10.3. The molecular weight excluding hydrogens is 256 g/mol. The lowest BCUT2D eigenvalue weighted by molar-refractivity contribution is -0.142. The summed E-state index contributed by atoms with van der Waals surface area (Å²) in [6.45, 7) is 1.78. The van der Waals surface area contributed by atoms with Crippen molar-refractivity contribution in [2.75, 3.05) is 19.7 Å². The fourth-order valence-corrected chi connectivity index (χ4v) is 2.13. The van der Waals surface area contributed by atoms with Crippen molar-refractivity contribution in [2.24, 2.45) is 0 Å². The molecule has 4 nitrogen and oxygen atoms in total. The van der Waals surface area contributed by atoms with E-state index in [1.54, 1.807) is 0 Å². The van der Waals surface area contributed by atoms with E-state index < -0.39 is 17.6 Å². The summed E-state index contributed by atoms with van der Waals surface area (Å²) in [5.41, 5.74) is 0.400. The Morgan fingerprint density at radius 2 is 2.26 bits per heavy atom. The highest BCUT2D eigenvalue weighted by Gasteiger charge is 2.23. The lowest BCUT2D eigenvalue weighted by Gasteiger charge is -2.32. The van der Waals surface area contributed by atoms with Gasteiger partial charge in [-0.25, -0.2) is 8.78 Å². The van der Waals surface area contributed by atoms with Gasteiger partial charge in [0, 0.05) is 31.3 Å². The average Bonchev–Trinajstić information content (AvgIpc) is 2.32. The number of aliphatic carboxylic acids is 1. The Balaban J connectivity index is 1.96. The van der Waals surface area contributed by atoms with Crippen molar-refractivity contribution in [2.45, 2.75) is 19.1 Å². The SMILES string of the molecule is O=C(O)CC1CN(Cc2ccc(F)cc2F)CCO1. The van der Waals surface area contributed by atoms with Crippen molar-refractivity contribution in [3.8, 4) is 0 Å². The first-order valence-corrected chi connectivity index (χ1v) is 6.04. The van der Waals surface area contributed by atoms with Gasteiger partial charge in [-0.3, -0.25) is 9.69 Å². The Morgan fingerprint density at radius 1 is 1.47 bits per heavy atom. The van der Waals surface area contributed by atoms with Crippen LogP contribution in [0.3, 0.4) is 0 Å². The number of carbonyl (C=O) groups is 1. The Labute approximate surface area is 109 Å². The van der Waals surface area contributed by atoms with Crippen LogP contribution in [0.15, 0.2) is 18.2 Å². The van der Waals surface area contributed by atoms with Gasteiger partial charge in [0.15, 0.2) is 0 Å². The first-order valence-electron chi connectivity index (χ1n) is 6.04. The van der Waals surface area contributed by atoms with Gasteiger partial charge in [0.25, 0.3) is 0 Å². The topological polar surface area (TPSA) is 49.8 Å². The van der Waals surface area contributed by atoms with Crippen LogP contribution >= 0.6 is 0 Å². The number of rotatable bonds is 4. The number of ether oxygens (including phenoxy) is 1. The molecule has 0 amide bonds. The highest BCUT2D eigenvalue weighted by Crippen LogP contribution is 2.15. The maximum Gasteiger partial charge on any atom is 0.306 e. The normalized spacial score (nSPS) is 20.4. The molecule has 0 bridgehead atoms. The predicted molar refractivity (Wildman–Crippen MR) is 63.6 cm³/mol. The van der Waals surface area contributed by atoms with E-state index in [9.17, 15) is 13.6 Å². The summed E-state index contributed by atoms with van der Waals surface area (Å²) in [6, 6.07) is 3.48. The zero-order valence-electron chi connectivity index (χ0n) is 10.3. The minimum Gasteiger partial charge on any atom is -0.481 e. The van der Waals surface area contributed by atoms with Gasteiger partial charge < -0.3 is 9.84 Å². The monoisotopic (exact) mass is 271 g/mol. The summed E-state index contributed by atoms with van der Waals surface area (Å²) >= 11 is 0. The smallest absolute Gasteiger partial charge is 0.306 e. The molecule has 2 rings (SSSR count). The van der Waals surface area contributed by atoms with Crippen molar-refractivity contribution in [3.05, 3.63) is 35.4 Å². The first kappa shape index (κ1) is 13.9. The molecule has 1 atom stereocenters. The number of carboxylic acid groups (broad SMARTS) is 1. The summed E-state index contributed by atoms with van der Waals surface area (Å²) in [7, 11) is 0. The van der Waals surface area contributed by atoms with E-state index in [4.69, 9.17) is 9.84 Å². The van der Waals surface area contributed by atoms with Crippen molar-refractivity contribution < 1.29 is 23.4 Å². The van der Waals surface area contributed by atoms with Crippen LogP contribution in [0, 0.1) is 11.6 Å². The molecule has 1 unspecified atom stereocenters. The van der Waals surface area contributed by atoms with Crippen LogP contribution in [0.25, 0.3) is 0 Å². The third-order valence-electron chi connectivity index (χ3n) is 3.03. The van der Waals surface area contributed by atoms with Gasteiger partial charge in [-0.1, -0.05) is 6.07 Å². The van der Waals surface area contributed by atoms with Crippen LogP contribution in [0.1, 0.15) is 12.0 Å². The van der Waals surface area contributed by atoms with Crippen LogP contribution in [-0.2, 0) is 16.1 Å². The van der Waals surface area contributed by atoms with Gasteiger partial charge in [0.1, 0.15) is 11.6 Å². The molecule has 1 aliphatic heterocycles. The molecule has 0 spiro atoms. The van der Waals surface area contributed by atoms with E-state index in [0.717, 1.165) is 6.07 Å². The van der Waals surface area contributed by atoms with Crippen molar-refractivity contribution in [1.29, 1.82) is 0 Å². The van der Waals surface area contributed by atoms with Gasteiger partial charge in [-0.15, -0.1) is 0 Å². The minimum atomic E-state index is -0.917. The lowest BCUT2D eigenvalue weighted by atomic mass is 10.1. The molecule has 0 saturated carbocycles. The fraction of sp³-hybridized carbons (Fsp3) is 0.462. The van der Waals surface area contributed by atoms with Gasteiger partial charge in [0.05, 0.1) is 19.1 Å². The molecule has 1 aromatic rings. The highest BCUT2D eigenvalue weighted by atomic mass is 19.1. The summed E-state index contributed by atoms with van der Waals surface area (Å²) in [6.07, 6.45) is -0.447. The number of halogens is 2. The summed E-state index contributed by atoms with van der Waals surface area (Å²) in [4.78, 5) is 12.5. The second-order valence-corrected chi connectivity index (χ2v) is 4.56. The standard InChI is InChI=1S/C13H15F2NO3/c14-10-2-1-9(12(15)5-10)7-16-3-4-19-11(8-16)6-13(17)18/h1-2,5,11H,3-4,6-8H2,(H,17,18). The second kappa shape index (κ2) is 6.08. The molecule has 1 saturated heterocycles. The van der Waals surface area contributed by atoms with E-state index in [1.165, 1.54) is 12.1 Å². The van der Waals surface area contributed by atoms with Gasteiger partial charge in [-0.2, -0.15) is 0 Å². The molecule has 1 fully saturated rings. The van der Waals surface area contributed by atoms with Crippen molar-refractivity contribution in [1.82, 2.24) is 4.90 Å². The maximum atomic E-state index is 13.5. The van der Waals surface area contributed by atoms with E-state index in [-0.39, 0.29) is 12.5 Å². The van der Waals surface area contributed by atoms with E-state index >= 15 is 0 Å². The highest BCUT2D eigenvalue weighted by molar-refractivity contribution is 5.67. The quantitative estimate of drug-likeness (QED) is 0.904. The fourth-order valence-electron chi connectivity index (χ4n) is 2.13. The van der Waals surface area contributed by atoms with Crippen molar-refractivity contribution >= 4 is 5.97 Å². The van der Waals surface area contributed by atoms with Gasteiger partial charge in [0.2, 0.25) is 0 Å². The summed E-state index contributed by atoms with van der Waals surface area (Å²) in [5, 5.41) is 8.72. The van der Waals surface area contributed by atoms with Crippen LogP contribution in [0.4, 0.5) is 8.78 Å². The van der Waals surface area contributed by atoms with Crippen LogP contribution in [-0.4, -0.2) is 41.8 Å². The molecule has 104 valence electrons. The third kappa shape index (κ3) is 3.97. The molecule has 0 aliphatic carbocycles. The molecule has 1 aliphatic rings. The zero-order chi connectivity index (χ0) is 13.8. The van der Waals surface area contributed by atoms with Gasteiger partial charge >= 0.3 is 5.97 Å². The predicted octanol–water partition coefficient (Wildman–Crippen LogP) is 1.64. The molecule has 1 aromatic carbocycles.